The lowest BCUT2D eigenvalue weighted by molar-refractivity contribution is -0.00370. The molecule has 0 spiro atoms. The van der Waals surface area contributed by atoms with Gasteiger partial charge in [-0.25, -0.2) is 15.0 Å². The number of halogens is 1. The number of rotatable bonds is 2. The first-order valence-corrected chi connectivity index (χ1v) is 6.03. The molecule has 110 valence electrons. The number of nitrogens with zero attached hydrogens (tertiary/aromatic N) is 4. The first-order chi connectivity index (χ1) is 9.13. The molecule has 1 aliphatic rings. The number of aliphatic hydroxyl groups is 3. The molecule has 1 saturated carbocycles. The summed E-state index contributed by atoms with van der Waals surface area (Å²) in [5.41, 5.74) is 6.69. The average Bonchev–Trinajstić information content (AvgIpc) is 2.94. The summed E-state index contributed by atoms with van der Waals surface area (Å²) in [7, 11) is 0. The van der Waals surface area contributed by atoms with Gasteiger partial charge in [0, 0.05) is 12.5 Å². The van der Waals surface area contributed by atoms with Crippen molar-refractivity contribution in [2.75, 3.05) is 12.3 Å². The first-order valence-electron chi connectivity index (χ1n) is 6.03. The molecule has 5 N–H and O–H groups in total. The Balaban J connectivity index is 0.00000147. The van der Waals surface area contributed by atoms with E-state index < -0.39 is 12.2 Å². The molecule has 0 radical (unpaired) electrons. The molecular formula is C11H16BrN5O3. The fourth-order valence-corrected chi connectivity index (χ4v) is 2.67. The lowest BCUT2D eigenvalue weighted by atomic mass is 10.1. The lowest BCUT2D eigenvalue weighted by Gasteiger charge is -2.18. The molecule has 0 bridgehead atoms. The van der Waals surface area contributed by atoms with Gasteiger partial charge >= 0.3 is 0 Å². The van der Waals surface area contributed by atoms with Crippen LogP contribution < -0.4 is 5.73 Å². The Morgan fingerprint density at radius 2 is 2.00 bits per heavy atom. The van der Waals surface area contributed by atoms with E-state index >= 15 is 0 Å². The zero-order valence-corrected chi connectivity index (χ0v) is 12.2. The highest BCUT2D eigenvalue weighted by molar-refractivity contribution is 8.93. The van der Waals surface area contributed by atoms with Crippen LogP contribution in [0.25, 0.3) is 11.2 Å². The van der Waals surface area contributed by atoms with Crippen LogP contribution in [0.2, 0.25) is 0 Å². The molecule has 2 aromatic heterocycles. The lowest BCUT2D eigenvalue weighted by Crippen LogP contribution is -2.30. The van der Waals surface area contributed by atoms with Crippen LogP contribution in [0.15, 0.2) is 12.7 Å². The third-order valence-electron chi connectivity index (χ3n) is 3.75. The minimum Gasteiger partial charge on any atom is -0.396 e. The average molecular weight is 346 g/mol. The molecule has 0 aliphatic heterocycles. The number of hydrogen-bond acceptors (Lipinski definition) is 7. The van der Waals surface area contributed by atoms with Gasteiger partial charge < -0.3 is 25.6 Å². The van der Waals surface area contributed by atoms with Gasteiger partial charge in [0.15, 0.2) is 11.5 Å². The van der Waals surface area contributed by atoms with E-state index in [0.29, 0.717) is 17.6 Å². The fraction of sp³-hybridized carbons (Fsp3) is 0.545. The molecule has 9 heteroatoms. The Bertz CT molecular complexity index is 607. The van der Waals surface area contributed by atoms with Crippen molar-refractivity contribution in [1.82, 2.24) is 19.5 Å². The van der Waals surface area contributed by atoms with Gasteiger partial charge in [0.05, 0.1) is 18.5 Å². The first kappa shape index (κ1) is 15.1. The third kappa shape index (κ3) is 2.16. The topological polar surface area (TPSA) is 130 Å². The Kier molecular flexibility index (Phi) is 4.23. The van der Waals surface area contributed by atoms with Gasteiger partial charge in [-0.1, -0.05) is 0 Å². The highest BCUT2D eigenvalue weighted by atomic mass is 79.9. The highest BCUT2D eigenvalue weighted by Gasteiger charge is 2.42. The molecule has 0 saturated heterocycles. The molecule has 20 heavy (non-hydrogen) atoms. The third-order valence-corrected chi connectivity index (χ3v) is 3.75. The SMILES string of the molecule is Br.Nc1ncnc2c1ncn2[C@@H]1C[C@H](CO)[C@@H](O)[C@H]1O. The second-order valence-corrected chi connectivity index (χ2v) is 4.81. The fourth-order valence-electron chi connectivity index (χ4n) is 2.67. The van der Waals surface area contributed by atoms with Crippen molar-refractivity contribution in [2.45, 2.75) is 24.7 Å². The normalized spacial score (nSPS) is 29.6. The number of nitrogens with two attached hydrogens (primary N) is 1. The van der Waals surface area contributed by atoms with Gasteiger partial charge in [-0.05, 0) is 6.42 Å². The number of aliphatic hydroxyl groups excluding tert-OH is 3. The monoisotopic (exact) mass is 345 g/mol. The highest BCUT2D eigenvalue weighted by Crippen LogP contribution is 2.36. The van der Waals surface area contributed by atoms with Crippen LogP contribution in [-0.4, -0.2) is 53.7 Å². The summed E-state index contributed by atoms with van der Waals surface area (Å²) < 4.78 is 1.68. The van der Waals surface area contributed by atoms with E-state index in [2.05, 4.69) is 15.0 Å². The van der Waals surface area contributed by atoms with E-state index in [1.54, 1.807) is 4.57 Å². The van der Waals surface area contributed by atoms with Crippen molar-refractivity contribution in [3.8, 4) is 0 Å². The molecule has 0 unspecified atom stereocenters. The zero-order chi connectivity index (χ0) is 13.6. The van der Waals surface area contributed by atoms with Gasteiger partial charge in [-0.2, -0.15) is 0 Å². The number of aromatic nitrogens is 4. The predicted molar refractivity (Wildman–Crippen MR) is 76.3 cm³/mol. The minimum atomic E-state index is -0.967. The largest absolute Gasteiger partial charge is 0.396 e. The number of imidazole rings is 1. The molecule has 0 aromatic carbocycles. The summed E-state index contributed by atoms with van der Waals surface area (Å²) in [6.07, 6.45) is 1.39. The number of nitrogen functional groups attached to an aromatic ring is 1. The molecule has 4 atom stereocenters. The maximum Gasteiger partial charge on any atom is 0.165 e. The van der Waals surface area contributed by atoms with E-state index in [1.807, 2.05) is 0 Å². The van der Waals surface area contributed by atoms with Crippen LogP contribution in [0, 0.1) is 5.92 Å². The van der Waals surface area contributed by atoms with Crippen molar-refractivity contribution < 1.29 is 15.3 Å². The van der Waals surface area contributed by atoms with Gasteiger partial charge in [-0.15, -0.1) is 17.0 Å². The van der Waals surface area contributed by atoms with E-state index in [0.717, 1.165) is 0 Å². The van der Waals surface area contributed by atoms with Crippen LogP contribution >= 0.6 is 17.0 Å². The second kappa shape index (κ2) is 5.60. The Hall–Kier alpha value is -1.29. The van der Waals surface area contributed by atoms with E-state index in [9.17, 15) is 15.3 Å². The maximum atomic E-state index is 10.1. The number of hydrogen-bond donors (Lipinski definition) is 4. The molecule has 2 aromatic rings. The molecule has 3 rings (SSSR count). The van der Waals surface area contributed by atoms with E-state index in [1.165, 1.54) is 12.7 Å². The summed E-state index contributed by atoms with van der Waals surface area (Å²) in [5, 5.41) is 29.1. The molecular weight excluding hydrogens is 330 g/mol. The summed E-state index contributed by atoms with van der Waals surface area (Å²) >= 11 is 0. The van der Waals surface area contributed by atoms with E-state index in [-0.39, 0.29) is 41.4 Å². The van der Waals surface area contributed by atoms with E-state index in [4.69, 9.17) is 5.73 Å². The molecule has 1 fully saturated rings. The van der Waals surface area contributed by atoms with Gasteiger partial charge in [0.25, 0.3) is 0 Å². The standard InChI is InChI=1S/C11H15N5O3.BrH/c12-10-7-11(14-3-13-10)16(4-15-7)6-1-5(2-17)8(18)9(6)19;/h3-6,8-9,17-19H,1-2H2,(H2,12,13,14);1H/t5-,6-,8-,9+;/m1./s1. The summed E-state index contributed by atoms with van der Waals surface area (Å²) in [5.74, 6) is -0.0767. The van der Waals surface area contributed by atoms with Gasteiger partial charge in [-0.3, -0.25) is 0 Å². The van der Waals surface area contributed by atoms with Crippen LogP contribution in [0.4, 0.5) is 5.82 Å². The summed E-state index contributed by atoms with van der Waals surface area (Å²) in [6.45, 7) is -0.168. The van der Waals surface area contributed by atoms with Crippen LogP contribution in [0.5, 0.6) is 0 Å². The molecule has 0 amide bonds. The number of anilines is 1. The molecule has 2 heterocycles. The summed E-state index contributed by atoms with van der Waals surface area (Å²) in [4.78, 5) is 12.1. The quantitative estimate of drug-likeness (QED) is 0.563. The van der Waals surface area contributed by atoms with Crippen molar-refractivity contribution in [2.24, 2.45) is 5.92 Å². The Morgan fingerprint density at radius 1 is 1.25 bits per heavy atom. The van der Waals surface area contributed by atoms with Crippen LogP contribution in [0.1, 0.15) is 12.5 Å². The van der Waals surface area contributed by atoms with Crippen LogP contribution in [0.3, 0.4) is 0 Å². The van der Waals surface area contributed by atoms with Gasteiger partial charge in [0.2, 0.25) is 0 Å². The second-order valence-electron chi connectivity index (χ2n) is 4.81. The van der Waals surface area contributed by atoms with Crippen molar-refractivity contribution >= 4 is 34.0 Å². The minimum absolute atomic E-state index is 0. The molecule has 8 nitrogen and oxygen atoms in total. The zero-order valence-electron chi connectivity index (χ0n) is 10.5. The molecule has 1 aliphatic carbocycles. The van der Waals surface area contributed by atoms with Crippen LogP contribution in [-0.2, 0) is 0 Å². The van der Waals surface area contributed by atoms with Crippen molar-refractivity contribution in [3.05, 3.63) is 12.7 Å². The van der Waals surface area contributed by atoms with Crippen molar-refractivity contribution in [1.29, 1.82) is 0 Å². The van der Waals surface area contributed by atoms with Gasteiger partial charge in [0.1, 0.15) is 17.9 Å². The predicted octanol–water partition coefficient (Wildman–Crippen LogP) is -0.738. The smallest absolute Gasteiger partial charge is 0.165 e. The Labute approximate surface area is 125 Å². The van der Waals surface area contributed by atoms with Crippen molar-refractivity contribution in [3.63, 3.8) is 0 Å². The summed E-state index contributed by atoms with van der Waals surface area (Å²) in [6, 6.07) is -0.383. The maximum absolute atomic E-state index is 10.1. The Morgan fingerprint density at radius 3 is 2.65 bits per heavy atom. The number of fused-ring (bicyclic) bond motifs is 1.